The second-order valence-corrected chi connectivity index (χ2v) is 5.63. The number of ether oxygens (including phenoxy) is 1. The van der Waals surface area contributed by atoms with Crippen molar-refractivity contribution in [2.45, 2.75) is 49.9 Å². The van der Waals surface area contributed by atoms with E-state index >= 15 is 0 Å². The fourth-order valence-electron chi connectivity index (χ4n) is 2.23. The first-order chi connectivity index (χ1) is 9.15. The molecule has 6 nitrogen and oxygen atoms in total. The van der Waals surface area contributed by atoms with Gasteiger partial charge in [0.15, 0.2) is 5.16 Å². The number of aliphatic carboxylic acids is 1. The van der Waals surface area contributed by atoms with Gasteiger partial charge in [-0.15, -0.1) is 10.2 Å². The third-order valence-electron chi connectivity index (χ3n) is 3.30. The number of hydrogen-bond acceptors (Lipinski definition) is 5. The number of aromatic nitrogens is 3. The number of thioether (sulfide) groups is 1. The van der Waals surface area contributed by atoms with Crippen LogP contribution in [-0.2, 0) is 16.0 Å². The third-order valence-corrected chi connectivity index (χ3v) is 4.23. The summed E-state index contributed by atoms with van der Waals surface area (Å²) in [6, 6.07) is 0.345. The molecular weight excluding hydrogens is 266 g/mol. The lowest BCUT2D eigenvalue weighted by Gasteiger charge is -2.36. The fourth-order valence-corrected chi connectivity index (χ4v) is 2.98. The van der Waals surface area contributed by atoms with Gasteiger partial charge in [0.05, 0.1) is 11.9 Å². The van der Waals surface area contributed by atoms with Crippen LogP contribution in [0.3, 0.4) is 0 Å². The molecule has 106 valence electrons. The maximum Gasteiger partial charge on any atom is 0.313 e. The number of methoxy groups -OCH3 is 1. The molecule has 1 aliphatic carbocycles. The molecule has 0 unspecified atom stereocenters. The average molecular weight is 285 g/mol. The van der Waals surface area contributed by atoms with Crippen LogP contribution in [0, 0.1) is 0 Å². The molecule has 0 aromatic carbocycles. The van der Waals surface area contributed by atoms with Crippen LogP contribution in [0.1, 0.15) is 38.1 Å². The first-order valence-electron chi connectivity index (χ1n) is 6.46. The molecule has 1 N–H and O–H groups in total. The molecule has 7 heteroatoms. The predicted octanol–water partition coefficient (Wildman–Crippen LogP) is 1.76. The molecule has 0 amide bonds. The Morgan fingerprint density at radius 2 is 2.26 bits per heavy atom. The topological polar surface area (TPSA) is 77.2 Å². The van der Waals surface area contributed by atoms with Crippen molar-refractivity contribution in [3.05, 3.63) is 5.82 Å². The highest BCUT2D eigenvalue weighted by Crippen LogP contribution is 2.37. The lowest BCUT2D eigenvalue weighted by Crippen LogP contribution is -2.33. The molecule has 1 aromatic heterocycles. The Bertz CT molecular complexity index is 443. The van der Waals surface area contributed by atoms with Gasteiger partial charge in [0.2, 0.25) is 0 Å². The van der Waals surface area contributed by atoms with Gasteiger partial charge in [-0.2, -0.15) is 0 Å². The molecule has 1 aromatic rings. The minimum Gasteiger partial charge on any atom is -0.481 e. The van der Waals surface area contributed by atoms with Gasteiger partial charge in [-0.05, 0) is 19.3 Å². The van der Waals surface area contributed by atoms with E-state index in [1.165, 1.54) is 11.8 Å². The SMILES string of the molecule is CCCc1nnc(SCC(=O)O)n1C1CC(OC)C1. The molecule has 0 radical (unpaired) electrons. The molecule has 0 aliphatic heterocycles. The van der Waals surface area contributed by atoms with Crippen molar-refractivity contribution in [1.29, 1.82) is 0 Å². The first-order valence-corrected chi connectivity index (χ1v) is 7.45. The van der Waals surface area contributed by atoms with Crippen LogP contribution >= 0.6 is 11.8 Å². The molecule has 1 heterocycles. The van der Waals surface area contributed by atoms with Crippen LogP contribution in [0.5, 0.6) is 0 Å². The maximum atomic E-state index is 10.7. The first kappa shape index (κ1) is 14.3. The van der Waals surface area contributed by atoms with E-state index in [4.69, 9.17) is 9.84 Å². The number of carboxylic acid groups (broad SMARTS) is 1. The quantitative estimate of drug-likeness (QED) is 0.769. The Morgan fingerprint density at radius 3 is 2.84 bits per heavy atom. The van der Waals surface area contributed by atoms with Crippen LogP contribution in [0.4, 0.5) is 0 Å². The molecule has 1 saturated carbocycles. The monoisotopic (exact) mass is 285 g/mol. The minimum atomic E-state index is -0.833. The Kier molecular flexibility index (Phi) is 4.81. The zero-order valence-electron chi connectivity index (χ0n) is 11.2. The number of carbonyl (C=O) groups is 1. The van der Waals surface area contributed by atoms with E-state index in [2.05, 4.69) is 21.7 Å². The Balaban J connectivity index is 2.12. The highest BCUT2D eigenvalue weighted by molar-refractivity contribution is 7.99. The summed E-state index contributed by atoms with van der Waals surface area (Å²) in [6.07, 6.45) is 4.08. The molecule has 19 heavy (non-hydrogen) atoms. The van der Waals surface area contributed by atoms with Crippen LogP contribution in [-0.4, -0.2) is 44.8 Å². The van der Waals surface area contributed by atoms with Crippen molar-refractivity contribution in [3.63, 3.8) is 0 Å². The Labute approximate surface area is 116 Å². The second-order valence-electron chi connectivity index (χ2n) is 4.68. The summed E-state index contributed by atoms with van der Waals surface area (Å²) in [7, 11) is 1.72. The van der Waals surface area contributed by atoms with Gasteiger partial charge in [0.1, 0.15) is 5.82 Å². The molecule has 0 bridgehead atoms. The second kappa shape index (κ2) is 6.38. The van der Waals surface area contributed by atoms with E-state index in [0.717, 1.165) is 31.5 Å². The van der Waals surface area contributed by atoms with E-state index in [9.17, 15) is 4.79 Å². The van der Waals surface area contributed by atoms with Gasteiger partial charge in [-0.1, -0.05) is 18.7 Å². The van der Waals surface area contributed by atoms with Crippen molar-refractivity contribution in [3.8, 4) is 0 Å². The number of rotatable bonds is 7. The number of carboxylic acids is 1. The maximum absolute atomic E-state index is 10.7. The summed E-state index contributed by atoms with van der Waals surface area (Å²) in [6.45, 7) is 2.10. The van der Waals surface area contributed by atoms with Gasteiger partial charge in [-0.3, -0.25) is 4.79 Å². The van der Waals surface area contributed by atoms with Crippen LogP contribution < -0.4 is 0 Å². The summed E-state index contributed by atoms with van der Waals surface area (Å²) in [5, 5.41) is 17.8. The van der Waals surface area contributed by atoms with Gasteiger partial charge < -0.3 is 14.4 Å². The summed E-state index contributed by atoms with van der Waals surface area (Å²) < 4.78 is 7.40. The predicted molar refractivity (Wildman–Crippen MR) is 71.4 cm³/mol. The third kappa shape index (κ3) is 3.27. The molecule has 0 spiro atoms. The van der Waals surface area contributed by atoms with E-state index in [1.807, 2.05) is 0 Å². The lowest BCUT2D eigenvalue weighted by atomic mass is 9.89. The van der Waals surface area contributed by atoms with E-state index in [0.29, 0.717) is 17.3 Å². The minimum absolute atomic E-state index is 0.0185. The van der Waals surface area contributed by atoms with Gasteiger partial charge >= 0.3 is 5.97 Å². The summed E-state index contributed by atoms with van der Waals surface area (Å²) in [5.74, 6) is 0.139. The van der Waals surface area contributed by atoms with Crippen LogP contribution in [0.25, 0.3) is 0 Å². The Hall–Kier alpha value is -1.08. The molecule has 2 rings (SSSR count). The molecule has 0 saturated heterocycles. The van der Waals surface area contributed by atoms with Crippen molar-refractivity contribution in [2.75, 3.05) is 12.9 Å². The largest absolute Gasteiger partial charge is 0.481 e. The van der Waals surface area contributed by atoms with Crippen LogP contribution in [0.15, 0.2) is 5.16 Å². The normalized spacial score (nSPS) is 22.2. The van der Waals surface area contributed by atoms with E-state index in [1.54, 1.807) is 7.11 Å². The zero-order valence-corrected chi connectivity index (χ0v) is 12.0. The van der Waals surface area contributed by atoms with E-state index < -0.39 is 5.97 Å². The number of nitrogens with zero attached hydrogens (tertiary/aromatic N) is 3. The smallest absolute Gasteiger partial charge is 0.313 e. The van der Waals surface area contributed by atoms with Crippen molar-refractivity contribution >= 4 is 17.7 Å². The average Bonchev–Trinajstić information content (AvgIpc) is 2.69. The van der Waals surface area contributed by atoms with Gasteiger partial charge in [-0.25, -0.2) is 0 Å². The van der Waals surface area contributed by atoms with Gasteiger partial charge in [0, 0.05) is 19.6 Å². The van der Waals surface area contributed by atoms with Crippen molar-refractivity contribution in [2.24, 2.45) is 0 Å². The zero-order chi connectivity index (χ0) is 13.8. The highest BCUT2D eigenvalue weighted by atomic mass is 32.2. The summed E-state index contributed by atoms with van der Waals surface area (Å²) >= 11 is 1.24. The number of hydrogen-bond donors (Lipinski definition) is 1. The summed E-state index contributed by atoms with van der Waals surface area (Å²) in [4.78, 5) is 10.7. The molecule has 0 atom stereocenters. The standard InChI is InChI=1S/C12H19N3O3S/c1-3-4-10-13-14-12(19-7-11(16)17)15(10)8-5-9(6-8)18-2/h8-9H,3-7H2,1-2H3,(H,16,17). The van der Waals surface area contributed by atoms with Crippen LogP contribution in [0.2, 0.25) is 0 Å². The van der Waals surface area contributed by atoms with E-state index in [-0.39, 0.29) is 5.75 Å². The molecular formula is C12H19N3O3S. The fraction of sp³-hybridized carbons (Fsp3) is 0.750. The van der Waals surface area contributed by atoms with Gasteiger partial charge in [0.25, 0.3) is 0 Å². The van der Waals surface area contributed by atoms with Crippen molar-refractivity contribution in [1.82, 2.24) is 14.8 Å². The highest BCUT2D eigenvalue weighted by Gasteiger charge is 2.33. The molecule has 1 aliphatic rings. The lowest BCUT2D eigenvalue weighted by molar-refractivity contribution is -0.133. The molecule has 1 fully saturated rings. The summed E-state index contributed by atoms with van der Waals surface area (Å²) in [5.41, 5.74) is 0. The van der Waals surface area contributed by atoms with Crippen molar-refractivity contribution < 1.29 is 14.6 Å². The Morgan fingerprint density at radius 1 is 1.53 bits per heavy atom. The number of aryl methyl sites for hydroxylation is 1.